The summed E-state index contributed by atoms with van der Waals surface area (Å²) in [5.74, 6) is -0.594. The van der Waals surface area contributed by atoms with Gasteiger partial charge in [-0.25, -0.2) is 4.79 Å². The fourth-order valence-corrected chi connectivity index (χ4v) is 1.67. The molecule has 0 spiro atoms. The molecule has 20 heavy (non-hydrogen) atoms. The average Bonchev–Trinajstić information content (AvgIpc) is 2.36. The van der Waals surface area contributed by atoms with Crippen LogP contribution in [-0.4, -0.2) is 35.3 Å². The summed E-state index contributed by atoms with van der Waals surface area (Å²) in [5.41, 5.74) is -0.711. The number of aliphatic hydroxyl groups is 1. The fraction of sp³-hybridized carbons (Fsp3) is 0.462. The first-order valence-electron chi connectivity index (χ1n) is 5.88. The maximum atomic E-state index is 11.3. The predicted molar refractivity (Wildman–Crippen MR) is 70.7 cm³/mol. The van der Waals surface area contributed by atoms with Crippen molar-refractivity contribution >= 4 is 11.7 Å². The molecule has 0 radical (unpaired) electrons. The van der Waals surface area contributed by atoms with Crippen LogP contribution in [0, 0.1) is 24.0 Å². The normalized spacial score (nSPS) is 13.4. The number of methoxy groups -OCH3 is 1. The van der Waals surface area contributed by atoms with E-state index in [4.69, 9.17) is 4.74 Å². The minimum Gasteiger partial charge on any atom is -0.489 e. The van der Waals surface area contributed by atoms with Crippen LogP contribution in [0.1, 0.15) is 18.1 Å². The molecule has 0 aliphatic rings. The van der Waals surface area contributed by atoms with Gasteiger partial charge in [0.2, 0.25) is 0 Å². The van der Waals surface area contributed by atoms with E-state index in [1.807, 2.05) is 0 Å². The number of esters is 1. The maximum absolute atomic E-state index is 11.3. The van der Waals surface area contributed by atoms with Crippen molar-refractivity contribution in [1.82, 2.24) is 0 Å². The highest BCUT2D eigenvalue weighted by Gasteiger charge is 2.33. The van der Waals surface area contributed by atoms with Gasteiger partial charge in [0.05, 0.1) is 18.1 Å². The first-order chi connectivity index (χ1) is 9.19. The van der Waals surface area contributed by atoms with E-state index in [0.717, 1.165) is 7.11 Å². The van der Waals surface area contributed by atoms with Crippen LogP contribution in [-0.2, 0) is 9.53 Å². The molecule has 7 nitrogen and oxygen atoms in total. The molecule has 7 heteroatoms. The Bertz CT molecular complexity index is 538. The number of rotatable bonds is 5. The molecule has 1 rings (SSSR count). The molecule has 0 saturated carbocycles. The zero-order valence-electron chi connectivity index (χ0n) is 11.8. The summed E-state index contributed by atoms with van der Waals surface area (Å²) in [7, 11) is 1.15. The molecule has 1 atom stereocenters. The van der Waals surface area contributed by atoms with Gasteiger partial charge in [-0.3, -0.25) is 10.1 Å². The molecule has 1 aromatic carbocycles. The lowest BCUT2D eigenvalue weighted by molar-refractivity contribution is -0.385. The number of carbonyl (C=O) groups excluding carboxylic acids is 1. The monoisotopic (exact) mass is 283 g/mol. The molecule has 0 amide bonds. The highest BCUT2D eigenvalue weighted by atomic mass is 16.6. The summed E-state index contributed by atoms with van der Waals surface area (Å²) in [6, 6.07) is 2.89. The Morgan fingerprint density at radius 3 is 2.50 bits per heavy atom. The summed E-state index contributed by atoms with van der Waals surface area (Å²) >= 11 is 0. The van der Waals surface area contributed by atoms with Gasteiger partial charge in [0.1, 0.15) is 12.4 Å². The summed E-state index contributed by atoms with van der Waals surface area (Å²) in [5, 5.41) is 20.7. The van der Waals surface area contributed by atoms with Crippen LogP contribution in [0.25, 0.3) is 0 Å². The molecule has 0 fully saturated rings. The standard InChI is InChI=1S/C13H17NO6/c1-8-5-9(2)11(6-10(8)14(17)18)20-7-13(3,16)12(15)19-4/h5-6,16H,7H2,1-4H3. The van der Waals surface area contributed by atoms with Crippen molar-refractivity contribution in [3.8, 4) is 5.75 Å². The van der Waals surface area contributed by atoms with Crippen LogP contribution in [0.15, 0.2) is 12.1 Å². The second kappa shape index (κ2) is 5.87. The molecule has 0 bridgehead atoms. The maximum Gasteiger partial charge on any atom is 0.341 e. The van der Waals surface area contributed by atoms with E-state index >= 15 is 0 Å². The van der Waals surface area contributed by atoms with E-state index in [2.05, 4.69) is 4.74 Å². The largest absolute Gasteiger partial charge is 0.489 e. The number of carbonyl (C=O) groups is 1. The number of aryl methyl sites for hydroxylation is 2. The second-order valence-corrected chi connectivity index (χ2v) is 4.72. The third-order valence-corrected chi connectivity index (χ3v) is 2.82. The molecular formula is C13H17NO6. The average molecular weight is 283 g/mol. The lowest BCUT2D eigenvalue weighted by Crippen LogP contribution is -2.42. The lowest BCUT2D eigenvalue weighted by Gasteiger charge is -2.21. The first kappa shape index (κ1) is 15.9. The van der Waals surface area contributed by atoms with Crippen molar-refractivity contribution in [3.63, 3.8) is 0 Å². The van der Waals surface area contributed by atoms with Crippen molar-refractivity contribution in [2.45, 2.75) is 26.4 Å². The third-order valence-electron chi connectivity index (χ3n) is 2.82. The number of hydrogen-bond acceptors (Lipinski definition) is 6. The molecule has 110 valence electrons. The zero-order chi connectivity index (χ0) is 15.5. The van der Waals surface area contributed by atoms with Gasteiger partial charge in [0.25, 0.3) is 5.69 Å². The van der Waals surface area contributed by atoms with E-state index in [9.17, 15) is 20.0 Å². The predicted octanol–water partition coefficient (Wildman–Crippen LogP) is 1.51. The highest BCUT2D eigenvalue weighted by Crippen LogP contribution is 2.28. The molecule has 1 unspecified atom stereocenters. The Morgan fingerprint density at radius 2 is 2.00 bits per heavy atom. The summed E-state index contributed by atoms with van der Waals surface area (Å²) < 4.78 is 9.75. The van der Waals surface area contributed by atoms with Crippen LogP contribution in [0.4, 0.5) is 5.69 Å². The summed E-state index contributed by atoms with van der Waals surface area (Å²) in [4.78, 5) is 21.7. The smallest absolute Gasteiger partial charge is 0.341 e. The Kier molecular flexibility index (Phi) is 4.67. The Balaban J connectivity index is 2.96. The van der Waals surface area contributed by atoms with Crippen LogP contribution in [0.2, 0.25) is 0 Å². The number of hydrogen-bond donors (Lipinski definition) is 1. The number of ether oxygens (including phenoxy) is 2. The van der Waals surface area contributed by atoms with Crippen LogP contribution >= 0.6 is 0 Å². The molecule has 0 saturated heterocycles. The van der Waals surface area contributed by atoms with Crippen LogP contribution < -0.4 is 4.74 Å². The topological polar surface area (TPSA) is 98.9 Å². The molecule has 0 heterocycles. The van der Waals surface area contributed by atoms with E-state index in [-0.39, 0.29) is 18.0 Å². The molecule has 0 aliphatic heterocycles. The molecular weight excluding hydrogens is 266 g/mol. The van der Waals surface area contributed by atoms with E-state index in [1.54, 1.807) is 19.9 Å². The van der Waals surface area contributed by atoms with Crippen molar-refractivity contribution in [3.05, 3.63) is 33.4 Å². The van der Waals surface area contributed by atoms with Gasteiger partial charge < -0.3 is 14.6 Å². The SMILES string of the molecule is COC(=O)C(C)(O)COc1cc([N+](=O)[O-])c(C)cc1C. The Hall–Kier alpha value is -2.15. The van der Waals surface area contributed by atoms with Gasteiger partial charge in [-0.1, -0.05) is 0 Å². The fourth-order valence-electron chi connectivity index (χ4n) is 1.67. The highest BCUT2D eigenvalue weighted by molar-refractivity contribution is 5.78. The van der Waals surface area contributed by atoms with E-state index in [0.29, 0.717) is 11.1 Å². The Labute approximate surface area is 116 Å². The summed E-state index contributed by atoms with van der Waals surface area (Å²) in [6.07, 6.45) is 0. The quantitative estimate of drug-likeness (QED) is 0.499. The first-order valence-corrected chi connectivity index (χ1v) is 5.88. The van der Waals surface area contributed by atoms with Gasteiger partial charge >= 0.3 is 5.97 Å². The van der Waals surface area contributed by atoms with Gasteiger partial charge in [0, 0.05) is 5.56 Å². The van der Waals surface area contributed by atoms with Crippen molar-refractivity contribution < 1.29 is 24.3 Å². The molecule has 0 aliphatic carbocycles. The van der Waals surface area contributed by atoms with Gasteiger partial charge in [-0.05, 0) is 32.4 Å². The minimum atomic E-state index is -1.82. The minimum absolute atomic E-state index is 0.0803. The van der Waals surface area contributed by atoms with E-state index in [1.165, 1.54) is 13.0 Å². The second-order valence-electron chi connectivity index (χ2n) is 4.72. The van der Waals surface area contributed by atoms with Gasteiger partial charge in [0.15, 0.2) is 5.60 Å². The number of benzene rings is 1. The van der Waals surface area contributed by atoms with Gasteiger partial charge in [-0.2, -0.15) is 0 Å². The number of nitro groups is 1. The van der Waals surface area contributed by atoms with Crippen molar-refractivity contribution in [2.75, 3.05) is 13.7 Å². The molecule has 0 aromatic heterocycles. The van der Waals surface area contributed by atoms with E-state index < -0.39 is 16.5 Å². The number of nitrogens with zero attached hydrogens (tertiary/aromatic N) is 1. The summed E-state index contributed by atoms with van der Waals surface area (Å²) in [6.45, 7) is 4.23. The zero-order valence-corrected chi connectivity index (χ0v) is 11.8. The van der Waals surface area contributed by atoms with Crippen molar-refractivity contribution in [1.29, 1.82) is 0 Å². The molecule has 1 N–H and O–H groups in total. The number of nitro benzene ring substituents is 1. The van der Waals surface area contributed by atoms with Crippen molar-refractivity contribution in [2.24, 2.45) is 0 Å². The van der Waals surface area contributed by atoms with Crippen LogP contribution in [0.3, 0.4) is 0 Å². The lowest BCUT2D eigenvalue weighted by atomic mass is 10.1. The third kappa shape index (κ3) is 3.45. The Morgan fingerprint density at radius 1 is 1.40 bits per heavy atom. The molecule has 1 aromatic rings. The van der Waals surface area contributed by atoms with Crippen LogP contribution in [0.5, 0.6) is 5.75 Å². The van der Waals surface area contributed by atoms with Gasteiger partial charge in [-0.15, -0.1) is 0 Å².